The average molecular weight is 383 g/mol. The van der Waals surface area contributed by atoms with Crippen molar-refractivity contribution in [2.24, 2.45) is 7.05 Å². The topological polar surface area (TPSA) is 70.9 Å². The SMILES string of the molecule is Cn1ccnc1CN1CCCN(C(=O)CN2C(=O)COc3ccccc32)CC1. The average Bonchev–Trinajstić information content (AvgIpc) is 2.96. The zero-order chi connectivity index (χ0) is 19.5. The number of aryl methyl sites for hydroxylation is 1. The first-order valence-electron chi connectivity index (χ1n) is 9.60. The Morgan fingerprint density at radius 3 is 2.86 bits per heavy atom. The van der Waals surface area contributed by atoms with Crippen LogP contribution in [-0.4, -0.2) is 70.5 Å². The predicted octanol–water partition coefficient (Wildman–Crippen LogP) is 0.880. The maximum absolute atomic E-state index is 12.9. The smallest absolute Gasteiger partial charge is 0.265 e. The first-order chi connectivity index (χ1) is 13.6. The fourth-order valence-electron chi connectivity index (χ4n) is 3.69. The van der Waals surface area contributed by atoms with E-state index < -0.39 is 0 Å². The largest absolute Gasteiger partial charge is 0.482 e. The second-order valence-electron chi connectivity index (χ2n) is 7.20. The first-order valence-corrected chi connectivity index (χ1v) is 9.60. The van der Waals surface area contributed by atoms with Gasteiger partial charge in [-0.05, 0) is 18.6 Å². The van der Waals surface area contributed by atoms with Crippen molar-refractivity contribution >= 4 is 17.5 Å². The van der Waals surface area contributed by atoms with Crippen LogP contribution in [0.15, 0.2) is 36.7 Å². The van der Waals surface area contributed by atoms with E-state index in [1.54, 1.807) is 6.20 Å². The van der Waals surface area contributed by atoms with Crippen molar-refractivity contribution in [2.75, 3.05) is 44.2 Å². The van der Waals surface area contributed by atoms with Crippen LogP contribution in [0.3, 0.4) is 0 Å². The summed E-state index contributed by atoms with van der Waals surface area (Å²) < 4.78 is 7.48. The molecule has 1 aromatic heterocycles. The van der Waals surface area contributed by atoms with Gasteiger partial charge in [-0.2, -0.15) is 0 Å². The summed E-state index contributed by atoms with van der Waals surface area (Å²) in [5.41, 5.74) is 0.665. The molecule has 148 valence electrons. The number of nitrogens with zero attached hydrogens (tertiary/aromatic N) is 5. The van der Waals surface area contributed by atoms with E-state index in [4.69, 9.17) is 4.74 Å². The van der Waals surface area contributed by atoms with Gasteiger partial charge in [0, 0.05) is 45.6 Å². The Hall–Kier alpha value is -2.87. The number of aromatic nitrogens is 2. The Labute approximate surface area is 164 Å². The van der Waals surface area contributed by atoms with Gasteiger partial charge in [0.15, 0.2) is 6.61 Å². The number of carbonyl (C=O) groups is 2. The molecule has 0 unspecified atom stereocenters. The Kier molecular flexibility index (Phi) is 5.29. The van der Waals surface area contributed by atoms with Gasteiger partial charge in [-0.3, -0.25) is 19.4 Å². The number of amides is 2. The van der Waals surface area contributed by atoms with Crippen LogP contribution in [0.1, 0.15) is 12.2 Å². The van der Waals surface area contributed by atoms with Crippen molar-refractivity contribution in [1.82, 2.24) is 19.4 Å². The molecule has 0 aliphatic carbocycles. The fraction of sp³-hybridized carbons (Fsp3) is 0.450. The minimum atomic E-state index is -0.182. The highest BCUT2D eigenvalue weighted by Crippen LogP contribution is 2.31. The van der Waals surface area contributed by atoms with Crippen LogP contribution in [0.5, 0.6) is 5.75 Å². The summed E-state index contributed by atoms with van der Waals surface area (Å²) in [6.07, 6.45) is 4.66. The van der Waals surface area contributed by atoms with Gasteiger partial charge in [0.05, 0.1) is 12.2 Å². The number of fused-ring (bicyclic) bond motifs is 1. The molecule has 0 radical (unpaired) electrons. The quantitative estimate of drug-likeness (QED) is 0.784. The molecule has 2 aliphatic rings. The molecule has 4 rings (SSSR count). The zero-order valence-electron chi connectivity index (χ0n) is 16.1. The first kappa shape index (κ1) is 18.5. The predicted molar refractivity (Wildman–Crippen MR) is 104 cm³/mol. The third kappa shape index (κ3) is 3.87. The van der Waals surface area contributed by atoms with Gasteiger partial charge in [-0.15, -0.1) is 0 Å². The number of carbonyl (C=O) groups excluding carboxylic acids is 2. The Balaban J connectivity index is 1.38. The van der Waals surface area contributed by atoms with Crippen LogP contribution in [0.4, 0.5) is 5.69 Å². The lowest BCUT2D eigenvalue weighted by Crippen LogP contribution is -2.47. The third-order valence-electron chi connectivity index (χ3n) is 5.33. The molecule has 1 saturated heterocycles. The molecule has 2 amide bonds. The lowest BCUT2D eigenvalue weighted by Gasteiger charge is -2.31. The highest BCUT2D eigenvalue weighted by molar-refractivity contribution is 6.02. The number of benzene rings is 1. The number of hydrogen-bond acceptors (Lipinski definition) is 5. The maximum atomic E-state index is 12.9. The van der Waals surface area contributed by atoms with Crippen molar-refractivity contribution in [1.29, 1.82) is 0 Å². The molecule has 3 heterocycles. The van der Waals surface area contributed by atoms with Crippen molar-refractivity contribution in [3.8, 4) is 5.75 Å². The molecule has 2 aromatic rings. The fourth-order valence-corrected chi connectivity index (χ4v) is 3.69. The molecule has 0 N–H and O–H groups in total. The van der Waals surface area contributed by atoms with E-state index in [1.807, 2.05) is 47.0 Å². The molecular weight excluding hydrogens is 358 g/mol. The lowest BCUT2D eigenvalue weighted by atomic mass is 10.2. The second kappa shape index (κ2) is 8.02. The number of imidazole rings is 1. The summed E-state index contributed by atoms with van der Waals surface area (Å²) in [6.45, 7) is 3.89. The minimum absolute atomic E-state index is 0.0242. The van der Waals surface area contributed by atoms with Crippen LogP contribution in [0, 0.1) is 0 Å². The van der Waals surface area contributed by atoms with Gasteiger partial charge in [0.2, 0.25) is 5.91 Å². The van der Waals surface area contributed by atoms with Crippen molar-refractivity contribution < 1.29 is 14.3 Å². The highest BCUT2D eigenvalue weighted by atomic mass is 16.5. The number of hydrogen-bond donors (Lipinski definition) is 0. The van der Waals surface area contributed by atoms with Crippen LogP contribution in [0.2, 0.25) is 0 Å². The molecule has 28 heavy (non-hydrogen) atoms. The number of para-hydroxylation sites is 2. The molecule has 0 saturated carbocycles. The van der Waals surface area contributed by atoms with Crippen LogP contribution in [0.25, 0.3) is 0 Å². The molecule has 2 aliphatic heterocycles. The van der Waals surface area contributed by atoms with E-state index >= 15 is 0 Å². The summed E-state index contributed by atoms with van der Waals surface area (Å²) in [5.74, 6) is 1.46. The molecule has 8 heteroatoms. The third-order valence-corrected chi connectivity index (χ3v) is 5.33. The van der Waals surface area contributed by atoms with Crippen LogP contribution in [-0.2, 0) is 23.2 Å². The summed E-state index contributed by atoms with van der Waals surface area (Å²) in [7, 11) is 1.99. The van der Waals surface area contributed by atoms with E-state index in [-0.39, 0.29) is 25.0 Å². The summed E-state index contributed by atoms with van der Waals surface area (Å²) in [5, 5.41) is 0. The molecule has 1 fully saturated rings. The van der Waals surface area contributed by atoms with Crippen molar-refractivity contribution in [2.45, 2.75) is 13.0 Å². The van der Waals surface area contributed by atoms with Gasteiger partial charge in [-0.1, -0.05) is 12.1 Å². The van der Waals surface area contributed by atoms with E-state index in [9.17, 15) is 9.59 Å². The van der Waals surface area contributed by atoms with Gasteiger partial charge < -0.3 is 14.2 Å². The van der Waals surface area contributed by atoms with E-state index in [2.05, 4.69) is 9.88 Å². The van der Waals surface area contributed by atoms with Gasteiger partial charge in [0.25, 0.3) is 5.91 Å². The summed E-state index contributed by atoms with van der Waals surface area (Å²) in [6, 6.07) is 7.34. The summed E-state index contributed by atoms with van der Waals surface area (Å²) in [4.78, 5) is 35.3. The Bertz CT molecular complexity index is 865. The molecule has 0 atom stereocenters. The van der Waals surface area contributed by atoms with Crippen molar-refractivity contribution in [3.63, 3.8) is 0 Å². The molecule has 1 aromatic carbocycles. The van der Waals surface area contributed by atoms with Crippen LogP contribution >= 0.6 is 0 Å². The molecule has 8 nitrogen and oxygen atoms in total. The van der Waals surface area contributed by atoms with Crippen molar-refractivity contribution in [3.05, 3.63) is 42.5 Å². The molecular formula is C20H25N5O3. The van der Waals surface area contributed by atoms with Gasteiger partial charge in [-0.25, -0.2) is 4.98 Å². The second-order valence-corrected chi connectivity index (χ2v) is 7.20. The van der Waals surface area contributed by atoms with E-state index in [0.29, 0.717) is 24.5 Å². The highest BCUT2D eigenvalue weighted by Gasteiger charge is 2.29. The lowest BCUT2D eigenvalue weighted by molar-refractivity contribution is -0.131. The van der Waals surface area contributed by atoms with Gasteiger partial charge >= 0.3 is 0 Å². The molecule has 0 spiro atoms. The molecule has 0 bridgehead atoms. The standard InChI is InChI=1S/C20H25N5O3/c1-22-10-7-21-18(22)13-23-8-4-9-24(12-11-23)19(26)14-25-16-5-2-3-6-17(16)28-15-20(25)27/h2-3,5-7,10H,4,8-9,11-15H2,1H3. The number of anilines is 1. The van der Waals surface area contributed by atoms with Gasteiger partial charge in [0.1, 0.15) is 18.1 Å². The minimum Gasteiger partial charge on any atom is -0.482 e. The Morgan fingerprint density at radius 1 is 1.18 bits per heavy atom. The Morgan fingerprint density at radius 2 is 2.04 bits per heavy atom. The zero-order valence-corrected chi connectivity index (χ0v) is 16.1. The monoisotopic (exact) mass is 383 g/mol. The van der Waals surface area contributed by atoms with Crippen LogP contribution < -0.4 is 9.64 Å². The normalized spacial score (nSPS) is 17.8. The van der Waals surface area contributed by atoms with E-state index in [1.165, 1.54) is 4.90 Å². The maximum Gasteiger partial charge on any atom is 0.265 e. The number of ether oxygens (including phenoxy) is 1. The summed E-state index contributed by atoms with van der Waals surface area (Å²) >= 11 is 0. The van der Waals surface area contributed by atoms with E-state index in [0.717, 1.165) is 31.9 Å². The number of rotatable bonds is 4.